The molecule has 8 heteroatoms. The minimum atomic E-state index is -0.539. The van der Waals surface area contributed by atoms with Crippen molar-refractivity contribution in [1.29, 1.82) is 0 Å². The molecule has 0 atom stereocenters. The zero-order chi connectivity index (χ0) is 19.4. The molecule has 7 nitrogen and oxygen atoms in total. The van der Waals surface area contributed by atoms with Crippen molar-refractivity contribution in [2.75, 3.05) is 5.32 Å². The lowest BCUT2D eigenvalue weighted by molar-refractivity contribution is -0.114. The van der Waals surface area contributed by atoms with Gasteiger partial charge in [-0.25, -0.2) is 0 Å². The van der Waals surface area contributed by atoms with Gasteiger partial charge in [-0.2, -0.15) is 0 Å². The van der Waals surface area contributed by atoms with E-state index in [1.807, 2.05) is 6.07 Å². The molecule has 0 unspecified atom stereocenters. The molecule has 3 rings (SSSR count). The number of carbonyl (C=O) groups is 1. The Morgan fingerprint density at radius 1 is 1.19 bits per heavy atom. The second kappa shape index (κ2) is 7.79. The van der Waals surface area contributed by atoms with E-state index in [-0.39, 0.29) is 22.1 Å². The van der Waals surface area contributed by atoms with Gasteiger partial charge in [-0.3, -0.25) is 24.1 Å². The van der Waals surface area contributed by atoms with E-state index >= 15 is 0 Å². The molecular weight excluding hydrogens is 364 g/mol. The van der Waals surface area contributed by atoms with Gasteiger partial charge in [0.1, 0.15) is 5.56 Å². The number of H-pyrrole nitrogens is 1. The average molecular weight is 380 g/mol. The molecule has 3 N–H and O–H groups in total. The SMILES string of the molecule is CC(=O)Nc1ccc(N=Cc2c(O)n(-c3ccccc3)c(=S)[nH]c2=O)cc1. The fourth-order valence-corrected chi connectivity index (χ4v) is 2.73. The molecule has 0 saturated heterocycles. The molecule has 0 radical (unpaired) electrons. The van der Waals surface area contributed by atoms with Crippen molar-refractivity contribution in [3.8, 4) is 11.6 Å². The summed E-state index contributed by atoms with van der Waals surface area (Å²) in [6, 6.07) is 15.7. The molecule has 3 aromatic rings. The Morgan fingerprint density at radius 3 is 2.48 bits per heavy atom. The van der Waals surface area contributed by atoms with Crippen LogP contribution < -0.4 is 10.9 Å². The number of carbonyl (C=O) groups excluding carboxylic acids is 1. The third-order valence-corrected chi connectivity index (χ3v) is 3.95. The van der Waals surface area contributed by atoms with Crippen LogP contribution in [0.3, 0.4) is 0 Å². The molecule has 0 fully saturated rings. The summed E-state index contributed by atoms with van der Waals surface area (Å²) in [4.78, 5) is 30.0. The third kappa shape index (κ3) is 4.18. The van der Waals surface area contributed by atoms with Crippen LogP contribution in [0.25, 0.3) is 5.69 Å². The number of nitrogens with one attached hydrogen (secondary N) is 2. The first kappa shape index (κ1) is 18.3. The standard InChI is InChI=1S/C19H16N4O3S/c1-12(24)21-14-9-7-13(8-10-14)20-11-16-17(25)22-19(27)23(18(16)26)15-5-3-2-4-6-15/h2-11,26H,1H3,(H,21,24)(H,22,25,27). The fraction of sp³-hybridized carbons (Fsp3) is 0.0526. The van der Waals surface area contributed by atoms with Gasteiger partial charge in [0.05, 0.1) is 11.4 Å². The summed E-state index contributed by atoms with van der Waals surface area (Å²) in [6.07, 6.45) is 1.27. The number of amides is 1. The lowest BCUT2D eigenvalue weighted by atomic mass is 10.2. The van der Waals surface area contributed by atoms with Crippen molar-refractivity contribution in [2.45, 2.75) is 6.92 Å². The Labute approximate surface area is 159 Å². The van der Waals surface area contributed by atoms with Gasteiger partial charge in [-0.05, 0) is 48.6 Å². The van der Waals surface area contributed by atoms with Gasteiger partial charge >= 0.3 is 0 Å². The minimum Gasteiger partial charge on any atom is -0.494 e. The zero-order valence-electron chi connectivity index (χ0n) is 14.3. The number of anilines is 1. The van der Waals surface area contributed by atoms with Gasteiger partial charge in [-0.1, -0.05) is 18.2 Å². The van der Waals surface area contributed by atoms with Gasteiger partial charge in [0, 0.05) is 18.8 Å². The topological polar surface area (TPSA) is 99.5 Å². The van der Waals surface area contributed by atoms with Crippen LogP contribution in [0.4, 0.5) is 11.4 Å². The Hall–Kier alpha value is -3.52. The van der Waals surface area contributed by atoms with Gasteiger partial charge < -0.3 is 10.4 Å². The highest BCUT2D eigenvalue weighted by atomic mass is 32.1. The van der Waals surface area contributed by atoms with E-state index in [0.717, 1.165) is 0 Å². The van der Waals surface area contributed by atoms with Crippen LogP contribution in [0.2, 0.25) is 0 Å². The summed E-state index contributed by atoms with van der Waals surface area (Å²) >= 11 is 5.16. The van der Waals surface area contributed by atoms with Crippen molar-refractivity contribution in [1.82, 2.24) is 9.55 Å². The smallest absolute Gasteiger partial charge is 0.264 e. The first-order valence-electron chi connectivity index (χ1n) is 8.01. The first-order chi connectivity index (χ1) is 13.0. The summed E-state index contributed by atoms with van der Waals surface area (Å²) in [5.74, 6) is -0.467. The summed E-state index contributed by atoms with van der Waals surface area (Å²) in [6.45, 7) is 1.42. The molecule has 0 bridgehead atoms. The Morgan fingerprint density at radius 2 is 1.85 bits per heavy atom. The first-order valence-corrected chi connectivity index (χ1v) is 8.42. The van der Waals surface area contributed by atoms with Gasteiger partial charge in [0.15, 0.2) is 4.77 Å². The van der Waals surface area contributed by atoms with Crippen LogP contribution in [0.15, 0.2) is 64.4 Å². The van der Waals surface area contributed by atoms with Crippen LogP contribution >= 0.6 is 12.2 Å². The minimum absolute atomic E-state index is 0.0154. The van der Waals surface area contributed by atoms with E-state index in [2.05, 4.69) is 15.3 Å². The maximum Gasteiger partial charge on any atom is 0.264 e. The molecular formula is C19H16N4O3S. The van der Waals surface area contributed by atoms with Gasteiger partial charge in [0.25, 0.3) is 5.56 Å². The number of rotatable bonds is 4. The normalized spacial score (nSPS) is 10.9. The molecule has 0 saturated carbocycles. The summed E-state index contributed by atoms with van der Waals surface area (Å²) in [7, 11) is 0. The molecule has 1 heterocycles. The molecule has 1 aromatic heterocycles. The van der Waals surface area contributed by atoms with Crippen LogP contribution in [0.5, 0.6) is 5.88 Å². The second-order valence-corrected chi connectivity index (χ2v) is 6.04. The largest absolute Gasteiger partial charge is 0.494 e. The maximum absolute atomic E-state index is 12.2. The second-order valence-electron chi connectivity index (χ2n) is 5.65. The van der Waals surface area contributed by atoms with Crippen molar-refractivity contribution in [3.63, 3.8) is 0 Å². The van der Waals surface area contributed by atoms with Crippen molar-refractivity contribution >= 4 is 35.7 Å². The van der Waals surface area contributed by atoms with Crippen molar-refractivity contribution in [2.24, 2.45) is 4.99 Å². The number of para-hydroxylation sites is 1. The molecule has 0 spiro atoms. The van der Waals surface area contributed by atoms with E-state index in [9.17, 15) is 14.7 Å². The lowest BCUT2D eigenvalue weighted by Gasteiger charge is -2.10. The quantitative estimate of drug-likeness (QED) is 0.478. The van der Waals surface area contributed by atoms with E-state index in [1.165, 1.54) is 17.7 Å². The monoisotopic (exact) mass is 380 g/mol. The Kier molecular flexibility index (Phi) is 5.28. The van der Waals surface area contributed by atoms with E-state index in [0.29, 0.717) is 17.1 Å². The number of hydrogen-bond donors (Lipinski definition) is 3. The fourth-order valence-electron chi connectivity index (χ4n) is 2.44. The van der Waals surface area contributed by atoms with E-state index < -0.39 is 5.56 Å². The van der Waals surface area contributed by atoms with Crippen molar-refractivity contribution < 1.29 is 9.90 Å². The highest BCUT2D eigenvalue weighted by Gasteiger charge is 2.12. The zero-order valence-corrected chi connectivity index (χ0v) is 15.2. The maximum atomic E-state index is 12.2. The molecule has 0 aliphatic carbocycles. The Bertz CT molecular complexity index is 1120. The molecule has 0 aliphatic heterocycles. The number of benzene rings is 2. The molecule has 0 aliphatic rings. The highest BCUT2D eigenvalue weighted by molar-refractivity contribution is 7.71. The number of aromatic hydroxyl groups is 1. The Balaban J connectivity index is 1.98. The molecule has 2 aromatic carbocycles. The summed E-state index contributed by atoms with van der Waals surface area (Å²) < 4.78 is 1.44. The number of aliphatic imine (C=N–C) groups is 1. The van der Waals surface area contributed by atoms with Crippen LogP contribution in [0.1, 0.15) is 12.5 Å². The van der Waals surface area contributed by atoms with E-state index in [4.69, 9.17) is 12.2 Å². The third-order valence-electron chi connectivity index (χ3n) is 3.67. The molecule has 27 heavy (non-hydrogen) atoms. The summed E-state index contributed by atoms with van der Waals surface area (Å²) in [5.41, 5.74) is 1.25. The molecule has 136 valence electrons. The lowest BCUT2D eigenvalue weighted by Crippen LogP contribution is -2.17. The number of hydrogen-bond acceptors (Lipinski definition) is 5. The van der Waals surface area contributed by atoms with Gasteiger partial charge in [-0.15, -0.1) is 0 Å². The van der Waals surface area contributed by atoms with Crippen molar-refractivity contribution in [3.05, 3.63) is 75.3 Å². The van der Waals surface area contributed by atoms with Crippen LogP contribution in [-0.4, -0.2) is 26.8 Å². The number of aromatic nitrogens is 2. The average Bonchev–Trinajstić information content (AvgIpc) is 2.63. The van der Waals surface area contributed by atoms with E-state index in [1.54, 1.807) is 48.5 Å². The summed E-state index contributed by atoms with van der Waals surface area (Å²) in [5, 5.41) is 13.2. The predicted octanol–water partition coefficient (Wildman–Crippen LogP) is 3.31. The van der Waals surface area contributed by atoms with Crippen LogP contribution in [0, 0.1) is 4.77 Å². The predicted molar refractivity (Wildman–Crippen MR) is 107 cm³/mol. The number of aromatic amines is 1. The highest BCUT2D eigenvalue weighted by Crippen LogP contribution is 2.20. The van der Waals surface area contributed by atoms with Gasteiger partial charge in [0.2, 0.25) is 11.8 Å². The number of nitrogens with zero attached hydrogens (tertiary/aromatic N) is 2. The van der Waals surface area contributed by atoms with Crippen LogP contribution in [-0.2, 0) is 4.79 Å². The molecule has 1 amide bonds.